The first kappa shape index (κ1) is 20.0. The highest BCUT2D eigenvalue weighted by atomic mass is 127. The summed E-state index contributed by atoms with van der Waals surface area (Å²) in [7, 11) is -2.80. The van der Waals surface area contributed by atoms with Crippen molar-refractivity contribution in [3.8, 4) is 0 Å². The van der Waals surface area contributed by atoms with Crippen LogP contribution < -0.4 is 10.6 Å². The fourth-order valence-corrected chi connectivity index (χ4v) is 4.82. The number of sulfone groups is 1. The van der Waals surface area contributed by atoms with Gasteiger partial charge in [-0.3, -0.25) is 4.99 Å². The van der Waals surface area contributed by atoms with Crippen molar-refractivity contribution in [1.29, 1.82) is 0 Å². The van der Waals surface area contributed by atoms with E-state index in [0.717, 1.165) is 18.8 Å². The van der Waals surface area contributed by atoms with E-state index in [9.17, 15) is 8.42 Å². The van der Waals surface area contributed by atoms with Crippen LogP contribution >= 0.6 is 24.0 Å². The zero-order valence-electron chi connectivity index (χ0n) is 13.7. The first-order valence-electron chi connectivity index (χ1n) is 8.26. The smallest absolute Gasteiger partial charge is 0.191 e. The summed E-state index contributed by atoms with van der Waals surface area (Å²) in [6, 6.07) is 0.901. The van der Waals surface area contributed by atoms with Crippen LogP contribution in [0, 0.1) is 5.92 Å². The number of guanidine groups is 1. The maximum atomic E-state index is 11.5. The molecule has 1 saturated carbocycles. The lowest BCUT2D eigenvalue weighted by molar-refractivity contribution is 0.561. The van der Waals surface area contributed by atoms with Crippen LogP contribution in [-0.2, 0) is 9.84 Å². The van der Waals surface area contributed by atoms with Gasteiger partial charge in [0.05, 0.1) is 11.5 Å². The molecule has 2 atom stereocenters. The van der Waals surface area contributed by atoms with E-state index in [4.69, 9.17) is 0 Å². The highest BCUT2D eigenvalue weighted by Crippen LogP contribution is 2.19. The van der Waals surface area contributed by atoms with Gasteiger partial charge in [0.15, 0.2) is 15.8 Å². The van der Waals surface area contributed by atoms with Gasteiger partial charge in [0.2, 0.25) is 0 Å². The van der Waals surface area contributed by atoms with Gasteiger partial charge in [-0.2, -0.15) is 0 Å². The topological polar surface area (TPSA) is 70.6 Å². The van der Waals surface area contributed by atoms with E-state index >= 15 is 0 Å². The molecule has 0 spiro atoms. The van der Waals surface area contributed by atoms with Crippen molar-refractivity contribution in [3.05, 3.63) is 0 Å². The number of nitrogens with zero attached hydrogens (tertiary/aromatic N) is 1. The van der Waals surface area contributed by atoms with Crippen LogP contribution in [0.4, 0.5) is 0 Å². The molecule has 2 unspecified atom stereocenters. The number of nitrogens with one attached hydrogen (secondary N) is 2. The molecule has 1 heterocycles. The highest BCUT2D eigenvalue weighted by Gasteiger charge is 2.27. The third-order valence-electron chi connectivity index (χ3n) is 4.53. The Bertz CT molecular complexity index is 461. The Morgan fingerprint density at radius 2 is 1.95 bits per heavy atom. The molecule has 7 heteroatoms. The quantitative estimate of drug-likeness (QED) is 0.389. The number of rotatable bonds is 5. The molecule has 2 aliphatic rings. The van der Waals surface area contributed by atoms with Crippen LogP contribution in [0.1, 0.15) is 52.4 Å². The Hall–Kier alpha value is -0.0500. The van der Waals surface area contributed by atoms with Crippen molar-refractivity contribution < 1.29 is 8.42 Å². The second-order valence-electron chi connectivity index (χ2n) is 6.54. The van der Waals surface area contributed by atoms with E-state index in [1.807, 2.05) is 0 Å². The standard InChI is InChI=1S/C15H29N3O2S.HI/c1-3-12(2)17-15(18-14-6-4-5-7-14)16-10-13-8-9-21(19,20)11-13;/h12-14H,3-11H2,1-2H3,(H2,16,17,18);1H. The van der Waals surface area contributed by atoms with Gasteiger partial charge in [0, 0.05) is 18.6 Å². The molecule has 1 aliphatic heterocycles. The summed E-state index contributed by atoms with van der Waals surface area (Å²) in [6.45, 7) is 4.90. The van der Waals surface area contributed by atoms with Gasteiger partial charge >= 0.3 is 0 Å². The summed E-state index contributed by atoms with van der Waals surface area (Å²) in [5.41, 5.74) is 0. The van der Waals surface area contributed by atoms with Gasteiger partial charge in [0.25, 0.3) is 0 Å². The lowest BCUT2D eigenvalue weighted by atomic mass is 10.1. The van der Waals surface area contributed by atoms with Crippen LogP contribution in [0.5, 0.6) is 0 Å². The molecule has 0 bridgehead atoms. The normalized spacial score (nSPS) is 26.5. The van der Waals surface area contributed by atoms with E-state index in [1.165, 1.54) is 25.7 Å². The van der Waals surface area contributed by atoms with Crippen LogP contribution in [-0.4, -0.2) is 44.5 Å². The summed E-state index contributed by atoms with van der Waals surface area (Å²) in [6.07, 6.45) is 6.79. The summed E-state index contributed by atoms with van der Waals surface area (Å²) < 4.78 is 23.0. The monoisotopic (exact) mass is 443 g/mol. The fraction of sp³-hybridized carbons (Fsp3) is 0.933. The Morgan fingerprint density at radius 1 is 1.27 bits per heavy atom. The molecule has 22 heavy (non-hydrogen) atoms. The lowest BCUT2D eigenvalue weighted by Crippen LogP contribution is -2.46. The first-order valence-corrected chi connectivity index (χ1v) is 10.1. The number of hydrogen-bond donors (Lipinski definition) is 2. The average molecular weight is 443 g/mol. The number of hydrogen-bond acceptors (Lipinski definition) is 3. The first-order chi connectivity index (χ1) is 9.98. The van der Waals surface area contributed by atoms with Crippen LogP contribution in [0.25, 0.3) is 0 Å². The van der Waals surface area contributed by atoms with Gasteiger partial charge < -0.3 is 10.6 Å². The number of halogens is 1. The van der Waals surface area contributed by atoms with Crippen LogP contribution in [0.3, 0.4) is 0 Å². The van der Waals surface area contributed by atoms with Gasteiger partial charge in [0.1, 0.15) is 0 Å². The van der Waals surface area contributed by atoms with Crippen molar-refractivity contribution in [3.63, 3.8) is 0 Å². The molecule has 0 aromatic carbocycles. The summed E-state index contributed by atoms with van der Waals surface area (Å²) >= 11 is 0. The Kier molecular flexibility index (Phi) is 8.45. The van der Waals surface area contributed by atoms with Crippen LogP contribution in [0.2, 0.25) is 0 Å². The predicted molar refractivity (Wildman–Crippen MR) is 103 cm³/mol. The predicted octanol–water partition coefficient (Wildman–Crippen LogP) is 2.32. The van der Waals surface area contributed by atoms with E-state index in [1.54, 1.807) is 0 Å². The second kappa shape index (κ2) is 9.30. The average Bonchev–Trinajstić information content (AvgIpc) is 3.05. The van der Waals surface area contributed by atoms with Gasteiger partial charge in [-0.05, 0) is 38.5 Å². The SMILES string of the molecule is CCC(C)NC(=NCC1CCS(=O)(=O)C1)NC1CCCC1.I. The summed E-state index contributed by atoms with van der Waals surface area (Å²) in [5, 5.41) is 6.94. The molecule has 0 radical (unpaired) electrons. The van der Waals surface area contributed by atoms with E-state index < -0.39 is 9.84 Å². The maximum Gasteiger partial charge on any atom is 0.191 e. The molecular weight excluding hydrogens is 413 g/mol. The number of aliphatic imine (C=N–C) groups is 1. The largest absolute Gasteiger partial charge is 0.354 e. The van der Waals surface area contributed by atoms with Crippen molar-refractivity contribution in [2.75, 3.05) is 18.1 Å². The maximum absolute atomic E-state index is 11.5. The molecule has 0 aromatic heterocycles. The molecule has 1 saturated heterocycles. The third kappa shape index (κ3) is 6.60. The minimum absolute atomic E-state index is 0. The van der Waals surface area contributed by atoms with Crippen molar-refractivity contribution in [1.82, 2.24) is 10.6 Å². The molecule has 130 valence electrons. The Labute approximate surface area is 152 Å². The molecular formula is C15H30IN3O2S. The van der Waals surface area contributed by atoms with E-state index in [2.05, 4.69) is 29.5 Å². The van der Waals surface area contributed by atoms with Gasteiger partial charge in [-0.25, -0.2) is 8.42 Å². The molecule has 1 aliphatic carbocycles. The van der Waals surface area contributed by atoms with E-state index in [0.29, 0.717) is 30.1 Å². The Morgan fingerprint density at radius 3 is 2.50 bits per heavy atom. The minimum Gasteiger partial charge on any atom is -0.354 e. The van der Waals surface area contributed by atoms with Gasteiger partial charge in [-0.1, -0.05) is 19.8 Å². The molecule has 2 N–H and O–H groups in total. The summed E-state index contributed by atoms with van der Waals surface area (Å²) in [4.78, 5) is 4.65. The fourth-order valence-electron chi connectivity index (χ4n) is 2.97. The van der Waals surface area contributed by atoms with Gasteiger partial charge in [-0.15, -0.1) is 24.0 Å². The highest BCUT2D eigenvalue weighted by molar-refractivity contribution is 14.0. The molecule has 0 amide bonds. The van der Waals surface area contributed by atoms with E-state index in [-0.39, 0.29) is 29.9 Å². The van der Waals surface area contributed by atoms with Crippen LogP contribution in [0.15, 0.2) is 4.99 Å². The lowest BCUT2D eigenvalue weighted by Gasteiger charge is -2.21. The molecule has 2 rings (SSSR count). The van der Waals surface area contributed by atoms with Crippen molar-refractivity contribution >= 4 is 39.8 Å². The minimum atomic E-state index is -2.80. The summed E-state index contributed by atoms with van der Waals surface area (Å²) in [5.74, 6) is 1.68. The zero-order chi connectivity index (χ0) is 15.3. The third-order valence-corrected chi connectivity index (χ3v) is 6.36. The van der Waals surface area contributed by atoms with Crippen molar-refractivity contribution in [2.45, 2.75) is 64.5 Å². The molecule has 5 nitrogen and oxygen atoms in total. The van der Waals surface area contributed by atoms with Crippen molar-refractivity contribution in [2.24, 2.45) is 10.9 Å². The second-order valence-corrected chi connectivity index (χ2v) is 8.77. The zero-order valence-corrected chi connectivity index (χ0v) is 16.8. The molecule has 0 aromatic rings. The molecule has 2 fully saturated rings. The Balaban J connectivity index is 0.00000242.